The highest BCUT2D eigenvalue weighted by Gasteiger charge is 2.32. The SMILES string of the molecule is c1ccc(-c2cccc(-c3ccc4c(c3)-c3ccccc3C4c3cccc(-c4cccc(C5c6ccccc6-c6cc(-c7ccc8ccnc(-c9cccc(Oc%10ccc%11c%12ccccc%12n(-c%12ccccn%12)c%11c%10)c9)c8c7)ccc65)c4)c3)c2)nc1. The van der Waals surface area contributed by atoms with E-state index in [1.165, 1.54) is 83.3 Å². The molecule has 0 bridgehead atoms. The smallest absolute Gasteiger partial charge is 0.137 e. The summed E-state index contributed by atoms with van der Waals surface area (Å²) in [6.45, 7) is 0. The van der Waals surface area contributed by atoms with Crippen molar-refractivity contribution in [3.63, 3.8) is 0 Å². The summed E-state index contributed by atoms with van der Waals surface area (Å²) >= 11 is 0. The Balaban J connectivity index is 0.671. The van der Waals surface area contributed by atoms with Gasteiger partial charge in [0.25, 0.3) is 0 Å². The summed E-state index contributed by atoms with van der Waals surface area (Å²) in [6, 6.07) is 103. The highest BCUT2D eigenvalue weighted by atomic mass is 16.5. The monoisotopic (exact) mass is 1100 g/mol. The number of pyridine rings is 3. The average molecular weight is 1100 g/mol. The molecule has 0 N–H and O–H groups in total. The molecule has 86 heavy (non-hydrogen) atoms. The van der Waals surface area contributed by atoms with E-state index in [2.05, 4.69) is 258 Å². The van der Waals surface area contributed by atoms with Gasteiger partial charge in [-0.1, -0.05) is 194 Å². The summed E-state index contributed by atoms with van der Waals surface area (Å²) < 4.78 is 8.90. The van der Waals surface area contributed by atoms with Crippen LogP contribution in [0.3, 0.4) is 0 Å². The normalized spacial score (nSPS) is 13.8. The highest BCUT2D eigenvalue weighted by molar-refractivity contribution is 6.09. The Kier molecular flexibility index (Phi) is 11.6. The van der Waals surface area contributed by atoms with E-state index in [1.54, 1.807) is 0 Å². The molecule has 0 spiro atoms. The maximum Gasteiger partial charge on any atom is 0.137 e. The van der Waals surface area contributed by atoms with Gasteiger partial charge in [-0.2, -0.15) is 0 Å². The first kappa shape index (κ1) is 49.3. The minimum atomic E-state index is 0.0839. The van der Waals surface area contributed by atoms with Crippen molar-refractivity contribution in [1.29, 1.82) is 0 Å². The van der Waals surface area contributed by atoms with Crippen LogP contribution in [0.2, 0.25) is 0 Å². The molecule has 15 aromatic rings. The standard InChI is InChI=1S/C81H52N4O/c1-3-26-68-64(23-1)73-48-56(52-15-11-18-58(43-52)75-28-7-9-40-82-75)33-36-70(73)79(68)59-19-12-16-53(44-59)54-17-13-20-60(45-54)80-69-27-4-2-24-65(69)74-49-57(34-37-71(74)80)55-32-31-51-39-42-84-81(72(51)47-55)61-21-14-22-62(46-61)86-63-35-38-67-66-25-5-6-29-76(66)85(77(67)50-63)78-30-8-10-41-83-78/h1-50,79-80H. The third-order valence-corrected chi connectivity index (χ3v) is 17.7. The third-order valence-electron chi connectivity index (χ3n) is 17.7. The van der Waals surface area contributed by atoms with Gasteiger partial charge in [-0.15, -0.1) is 0 Å². The molecule has 2 aliphatic rings. The zero-order valence-corrected chi connectivity index (χ0v) is 46.7. The first-order valence-electron chi connectivity index (χ1n) is 29.4. The van der Waals surface area contributed by atoms with Crippen LogP contribution in [0.15, 0.2) is 304 Å². The molecule has 2 atom stereocenters. The van der Waals surface area contributed by atoms with Crippen LogP contribution in [0.25, 0.3) is 117 Å². The van der Waals surface area contributed by atoms with Crippen LogP contribution in [0.4, 0.5) is 0 Å². The Hall–Kier alpha value is -11.3. The van der Waals surface area contributed by atoms with Crippen molar-refractivity contribution in [3.05, 3.63) is 337 Å². The Bertz CT molecular complexity index is 5180. The molecule has 4 heterocycles. The molecule has 5 nitrogen and oxygen atoms in total. The molecule has 5 heteroatoms. The minimum absolute atomic E-state index is 0.0839. The first-order chi connectivity index (χ1) is 42.6. The molecule has 4 aromatic heterocycles. The number of nitrogens with zero attached hydrogens (tertiary/aromatic N) is 4. The molecule has 0 amide bonds. The fourth-order valence-electron chi connectivity index (χ4n) is 13.8. The first-order valence-corrected chi connectivity index (χ1v) is 29.4. The van der Waals surface area contributed by atoms with Gasteiger partial charge in [0.05, 0.1) is 22.4 Å². The molecule has 17 rings (SSSR count). The summed E-state index contributed by atoms with van der Waals surface area (Å²) in [5, 5.41) is 4.53. The van der Waals surface area contributed by atoms with E-state index in [1.807, 2.05) is 55.0 Å². The number of fused-ring (bicyclic) bond motifs is 10. The molecule has 2 aliphatic carbocycles. The van der Waals surface area contributed by atoms with E-state index >= 15 is 0 Å². The van der Waals surface area contributed by atoms with Crippen LogP contribution in [0.5, 0.6) is 11.5 Å². The third kappa shape index (κ3) is 8.35. The van der Waals surface area contributed by atoms with Gasteiger partial charge >= 0.3 is 0 Å². The Morgan fingerprint density at radius 3 is 1.56 bits per heavy atom. The van der Waals surface area contributed by atoms with Crippen molar-refractivity contribution >= 4 is 32.6 Å². The second kappa shape index (κ2) is 20.3. The molecule has 0 saturated carbocycles. The van der Waals surface area contributed by atoms with Crippen LogP contribution in [-0.2, 0) is 0 Å². The zero-order chi connectivity index (χ0) is 56.7. The zero-order valence-electron chi connectivity index (χ0n) is 46.7. The summed E-state index contributed by atoms with van der Waals surface area (Å²) in [7, 11) is 0. The lowest BCUT2D eigenvalue weighted by molar-refractivity contribution is 0.483. The van der Waals surface area contributed by atoms with Crippen LogP contribution in [-0.4, -0.2) is 19.5 Å². The lowest BCUT2D eigenvalue weighted by atomic mass is 9.85. The Morgan fingerprint density at radius 2 is 0.849 bits per heavy atom. The largest absolute Gasteiger partial charge is 0.457 e. The highest BCUT2D eigenvalue weighted by Crippen LogP contribution is 2.52. The number of hydrogen-bond acceptors (Lipinski definition) is 4. The topological polar surface area (TPSA) is 52.8 Å². The van der Waals surface area contributed by atoms with Gasteiger partial charge in [0.1, 0.15) is 17.3 Å². The second-order valence-electron chi connectivity index (χ2n) is 22.6. The summed E-state index contributed by atoms with van der Waals surface area (Å²) in [5.41, 5.74) is 26.3. The lowest BCUT2D eigenvalue weighted by Crippen LogP contribution is -2.01. The van der Waals surface area contributed by atoms with Crippen LogP contribution in [0.1, 0.15) is 45.2 Å². The number of ether oxygens (including phenoxy) is 1. The molecule has 11 aromatic carbocycles. The van der Waals surface area contributed by atoms with Gasteiger partial charge < -0.3 is 4.74 Å². The number of hydrogen-bond donors (Lipinski definition) is 0. The van der Waals surface area contributed by atoms with Gasteiger partial charge in [-0.05, 0) is 179 Å². The van der Waals surface area contributed by atoms with Crippen molar-refractivity contribution in [2.75, 3.05) is 0 Å². The van der Waals surface area contributed by atoms with E-state index in [0.29, 0.717) is 0 Å². The molecule has 0 fully saturated rings. The van der Waals surface area contributed by atoms with E-state index in [9.17, 15) is 0 Å². The van der Waals surface area contributed by atoms with E-state index in [-0.39, 0.29) is 11.8 Å². The number of aromatic nitrogens is 4. The fourth-order valence-corrected chi connectivity index (χ4v) is 13.8. The average Bonchev–Trinajstić information content (AvgIpc) is 2.51. The second-order valence-corrected chi connectivity index (χ2v) is 22.6. The Labute approximate surface area is 498 Å². The van der Waals surface area contributed by atoms with Gasteiger partial charge in [-0.3, -0.25) is 14.5 Å². The van der Waals surface area contributed by atoms with Gasteiger partial charge in [0.15, 0.2) is 0 Å². The fraction of sp³-hybridized carbons (Fsp3) is 0.0247. The molecule has 0 aliphatic heterocycles. The number of rotatable bonds is 10. The summed E-state index contributed by atoms with van der Waals surface area (Å²) in [4.78, 5) is 14.4. The molecular formula is C81H52N4O. The van der Waals surface area contributed by atoms with Crippen LogP contribution >= 0.6 is 0 Å². The molecule has 2 unspecified atom stereocenters. The van der Waals surface area contributed by atoms with Crippen LogP contribution in [0, 0.1) is 0 Å². The van der Waals surface area contributed by atoms with Crippen molar-refractivity contribution in [2.45, 2.75) is 11.8 Å². The van der Waals surface area contributed by atoms with Gasteiger partial charge in [0.2, 0.25) is 0 Å². The van der Waals surface area contributed by atoms with Crippen molar-refractivity contribution in [2.24, 2.45) is 0 Å². The number of benzene rings is 11. The van der Waals surface area contributed by atoms with Crippen molar-refractivity contribution < 1.29 is 4.74 Å². The van der Waals surface area contributed by atoms with Gasteiger partial charge in [0, 0.05) is 63.8 Å². The lowest BCUT2D eigenvalue weighted by Gasteiger charge is -2.18. The van der Waals surface area contributed by atoms with E-state index in [4.69, 9.17) is 14.7 Å². The maximum atomic E-state index is 6.69. The molecular weight excluding hydrogens is 1040 g/mol. The van der Waals surface area contributed by atoms with E-state index < -0.39 is 0 Å². The van der Waals surface area contributed by atoms with Crippen molar-refractivity contribution in [1.82, 2.24) is 19.5 Å². The molecule has 402 valence electrons. The van der Waals surface area contributed by atoms with Crippen LogP contribution < -0.4 is 4.74 Å². The molecule has 0 radical (unpaired) electrons. The minimum Gasteiger partial charge on any atom is -0.457 e. The van der Waals surface area contributed by atoms with Crippen molar-refractivity contribution in [3.8, 4) is 95.5 Å². The quantitative estimate of drug-likeness (QED) is 0.137. The van der Waals surface area contributed by atoms with Gasteiger partial charge in [-0.25, -0.2) is 4.98 Å². The number of para-hydroxylation sites is 1. The predicted octanol–water partition coefficient (Wildman–Crippen LogP) is 20.6. The summed E-state index contributed by atoms with van der Waals surface area (Å²) in [5.74, 6) is 2.54. The maximum absolute atomic E-state index is 6.69. The predicted molar refractivity (Wildman–Crippen MR) is 351 cm³/mol. The molecule has 0 saturated heterocycles. The van der Waals surface area contributed by atoms with E-state index in [0.717, 1.165) is 78.2 Å². The Morgan fingerprint density at radius 1 is 0.291 bits per heavy atom. The summed E-state index contributed by atoms with van der Waals surface area (Å²) in [6.07, 6.45) is 5.60.